The van der Waals surface area contributed by atoms with E-state index in [0.717, 1.165) is 22.2 Å². The average Bonchev–Trinajstić information content (AvgIpc) is 2.94. The normalized spacial score (nSPS) is 11.4. The Morgan fingerprint density at radius 2 is 2.00 bits per heavy atom. The van der Waals surface area contributed by atoms with Gasteiger partial charge in [0, 0.05) is 37.8 Å². The van der Waals surface area contributed by atoms with Gasteiger partial charge in [-0.15, -0.1) is 11.3 Å². The highest BCUT2D eigenvalue weighted by Gasteiger charge is 2.06. The molecule has 0 bridgehead atoms. The quantitative estimate of drug-likeness (QED) is 0.424. The molecule has 0 fully saturated rings. The van der Waals surface area contributed by atoms with Gasteiger partial charge in [0.1, 0.15) is 6.61 Å². The van der Waals surface area contributed by atoms with Gasteiger partial charge in [0.25, 0.3) is 0 Å². The van der Waals surface area contributed by atoms with Crippen LogP contribution in [0.2, 0.25) is 0 Å². The number of rotatable bonds is 8. The van der Waals surface area contributed by atoms with E-state index >= 15 is 0 Å². The number of hydrogen-bond acceptors (Lipinski definition) is 6. The third-order valence-corrected chi connectivity index (χ3v) is 4.51. The number of nitrogens with zero attached hydrogens (tertiary/aromatic N) is 3. The molecule has 136 valence electrons. The second kappa shape index (κ2) is 9.95. The number of hydrogen-bond donors (Lipinski definition) is 2. The minimum atomic E-state index is 0.494. The zero-order valence-electron chi connectivity index (χ0n) is 15.1. The molecule has 25 heavy (non-hydrogen) atoms. The Morgan fingerprint density at radius 3 is 2.60 bits per heavy atom. The van der Waals surface area contributed by atoms with Gasteiger partial charge in [-0.25, -0.2) is 9.97 Å². The van der Waals surface area contributed by atoms with Crippen LogP contribution >= 0.6 is 11.3 Å². The van der Waals surface area contributed by atoms with E-state index in [1.165, 1.54) is 4.88 Å². The second-order valence-corrected chi connectivity index (χ2v) is 6.65. The van der Waals surface area contributed by atoms with Gasteiger partial charge in [-0.3, -0.25) is 4.99 Å². The molecular weight excluding hydrogens is 338 g/mol. The van der Waals surface area contributed by atoms with Crippen molar-refractivity contribution in [1.82, 2.24) is 20.6 Å². The van der Waals surface area contributed by atoms with Crippen LogP contribution in [-0.4, -0.2) is 43.3 Å². The molecule has 0 saturated carbocycles. The van der Waals surface area contributed by atoms with Gasteiger partial charge >= 0.3 is 0 Å². The molecule has 2 rings (SSSR count). The molecule has 0 aliphatic heterocycles. The first-order valence-corrected chi connectivity index (χ1v) is 8.88. The van der Waals surface area contributed by atoms with E-state index in [-0.39, 0.29) is 0 Å². The van der Waals surface area contributed by atoms with Crippen LogP contribution in [0.25, 0.3) is 0 Å². The van der Waals surface area contributed by atoms with Crippen molar-refractivity contribution in [2.75, 3.05) is 27.4 Å². The Hall–Kier alpha value is -2.19. The summed E-state index contributed by atoms with van der Waals surface area (Å²) in [6.45, 7) is 6.43. The molecule has 0 radical (unpaired) electrons. The van der Waals surface area contributed by atoms with Crippen LogP contribution in [0.4, 0.5) is 0 Å². The van der Waals surface area contributed by atoms with Crippen LogP contribution < -0.4 is 15.4 Å². The Labute approximate surface area is 152 Å². The van der Waals surface area contributed by atoms with Crippen LogP contribution in [0.3, 0.4) is 0 Å². The fourth-order valence-electron chi connectivity index (χ4n) is 2.14. The lowest BCUT2D eigenvalue weighted by Crippen LogP contribution is -2.36. The molecule has 0 aliphatic carbocycles. The van der Waals surface area contributed by atoms with Crippen LogP contribution in [0, 0.1) is 13.8 Å². The van der Waals surface area contributed by atoms with Crippen LogP contribution in [0.5, 0.6) is 5.88 Å². The monoisotopic (exact) mass is 363 g/mol. The van der Waals surface area contributed by atoms with Crippen molar-refractivity contribution in [3.63, 3.8) is 0 Å². The minimum Gasteiger partial charge on any atom is -0.475 e. The van der Waals surface area contributed by atoms with Crippen molar-refractivity contribution in [3.8, 4) is 5.88 Å². The van der Waals surface area contributed by atoms with Crippen molar-refractivity contribution in [3.05, 3.63) is 39.5 Å². The largest absolute Gasteiger partial charge is 0.475 e. The number of nitrogens with one attached hydrogen (secondary N) is 2. The van der Waals surface area contributed by atoms with Crippen molar-refractivity contribution >= 4 is 17.3 Å². The molecule has 0 spiro atoms. The fourth-order valence-corrected chi connectivity index (χ4v) is 3.02. The lowest BCUT2D eigenvalue weighted by atomic mass is 10.3. The molecule has 0 atom stereocenters. The first-order chi connectivity index (χ1) is 12.1. The first-order valence-electron chi connectivity index (χ1n) is 8.06. The van der Waals surface area contributed by atoms with Gasteiger partial charge in [0.2, 0.25) is 5.88 Å². The van der Waals surface area contributed by atoms with E-state index in [1.54, 1.807) is 31.7 Å². The smallest absolute Gasteiger partial charge is 0.213 e. The summed E-state index contributed by atoms with van der Waals surface area (Å²) in [6, 6.07) is 3.83. The van der Waals surface area contributed by atoms with Gasteiger partial charge < -0.3 is 20.1 Å². The third kappa shape index (κ3) is 6.32. The molecule has 2 heterocycles. The topological polar surface area (TPSA) is 80.7 Å². The number of methoxy groups -OCH3 is 1. The van der Waals surface area contributed by atoms with E-state index in [1.807, 2.05) is 26.0 Å². The zero-order valence-corrected chi connectivity index (χ0v) is 15.9. The Bertz CT molecular complexity index is 685. The molecule has 2 aromatic rings. The lowest BCUT2D eigenvalue weighted by Gasteiger charge is -2.11. The number of aromatic nitrogens is 2. The molecule has 7 nitrogen and oxygen atoms in total. The highest BCUT2D eigenvalue weighted by Crippen LogP contribution is 2.16. The van der Waals surface area contributed by atoms with E-state index in [4.69, 9.17) is 9.47 Å². The molecule has 2 aromatic heterocycles. The maximum absolute atomic E-state index is 5.45. The summed E-state index contributed by atoms with van der Waals surface area (Å²) in [6.07, 6.45) is 1.79. The van der Waals surface area contributed by atoms with Crippen molar-refractivity contribution in [1.29, 1.82) is 0 Å². The minimum absolute atomic E-state index is 0.494. The number of guanidine groups is 1. The van der Waals surface area contributed by atoms with E-state index < -0.39 is 0 Å². The van der Waals surface area contributed by atoms with Crippen molar-refractivity contribution < 1.29 is 9.47 Å². The van der Waals surface area contributed by atoms with Gasteiger partial charge in [0.05, 0.1) is 23.9 Å². The summed E-state index contributed by atoms with van der Waals surface area (Å²) in [7, 11) is 3.40. The number of aryl methyl sites for hydroxylation is 2. The molecular formula is C17H25N5O2S. The SMILES string of the molecule is CN=C(NCc1ccc(OCCOC)nc1)NCc1sc(C)nc1C. The zero-order chi connectivity index (χ0) is 18.1. The molecule has 0 aliphatic rings. The van der Waals surface area contributed by atoms with Crippen LogP contribution in [0.15, 0.2) is 23.3 Å². The highest BCUT2D eigenvalue weighted by atomic mass is 32.1. The summed E-state index contributed by atoms with van der Waals surface area (Å²) in [5, 5.41) is 7.66. The van der Waals surface area contributed by atoms with E-state index in [9.17, 15) is 0 Å². The third-order valence-electron chi connectivity index (χ3n) is 3.43. The summed E-state index contributed by atoms with van der Waals surface area (Å²) in [4.78, 5) is 14.2. The maximum atomic E-state index is 5.45. The van der Waals surface area contributed by atoms with E-state index in [2.05, 4.69) is 25.6 Å². The molecule has 2 N–H and O–H groups in total. The standard InChI is InChI=1S/C17H25N5O2S/c1-12-15(25-13(2)22-12)11-21-17(18-3)20-10-14-5-6-16(19-9-14)24-8-7-23-4/h5-6,9H,7-8,10-11H2,1-4H3,(H2,18,20,21). The Morgan fingerprint density at radius 1 is 1.20 bits per heavy atom. The number of pyridine rings is 1. The van der Waals surface area contributed by atoms with Crippen molar-refractivity contribution in [2.45, 2.75) is 26.9 Å². The fraction of sp³-hybridized carbons (Fsp3) is 0.471. The predicted molar refractivity (Wildman–Crippen MR) is 100 cm³/mol. The summed E-state index contributed by atoms with van der Waals surface area (Å²) >= 11 is 1.70. The number of aliphatic imine (C=N–C) groups is 1. The summed E-state index contributed by atoms with van der Waals surface area (Å²) in [5.41, 5.74) is 2.12. The summed E-state index contributed by atoms with van der Waals surface area (Å²) in [5.74, 6) is 1.34. The summed E-state index contributed by atoms with van der Waals surface area (Å²) < 4.78 is 10.4. The number of ether oxygens (including phenoxy) is 2. The average molecular weight is 363 g/mol. The maximum Gasteiger partial charge on any atom is 0.213 e. The van der Waals surface area contributed by atoms with Gasteiger partial charge in [0.15, 0.2) is 5.96 Å². The van der Waals surface area contributed by atoms with Gasteiger partial charge in [-0.05, 0) is 19.4 Å². The molecule has 8 heteroatoms. The highest BCUT2D eigenvalue weighted by molar-refractivity contribution is 7.11. The van der Waals surface area contributed by atoms with E-state index in [0.29, 0.717) is 32.2 Å². The molecule has 0 amide bonds. The van der Waals surface area contributed by atoms with Crippen LogP contribution in [0.1, 0.15) is 21.1 Å². The molecule has 0 unspecified atom stereocenters. The van der Waals surface area contributed by atoms with Crippen LogP contribution in [-0.2, 0) is 17.8 Å². The lowest BCUT2D eigenvalue weighted by molar-refractivity contribution is 0.143. The molecule has 0 aromatic carbocycles. The first kappa shape index (κ1) is 19.1. The molecule has 0 saturated heterocycles. The number of thiazole rings is 1. The predicted octanol–water partition coefficient (Wildman–Crippen LogP) is 2.05. The van der Waals surface area contributed by atoms with Crippen molar-refractivity contribution in [2.24, 2.45) is 4.99 Å². The Kier molecular flexibility index (Phi) is 7.62. The van der Waals surface area contributed by atoms with Gasteiger partial charge in [-0.1, -0.05) is 6.07 Å². The Balaban J connectivity index is 1.79. The van der Waals surface area contributed by atoms with Gasteiger partial charge in [-0.2, -0.15) is 0 Å². The second-order valence-electron chi connectivity index (χ2n) is 5.37.